The van der Waals surface area contributed by atoms with Crippen molar-refractivity contribution in [1.29, 1.82) is 0 Å². The average Bonchev–Trinajstić information content (AvgIpc) is 2.40. The Labute approximate surface area is 124 Å². The van der Waals surface area contributed by atoms with Gasteiger partial charge in [0, 0.05) is 26.2 Å². The van der Waals surface area contributed by atoms with E-state index in [1.807, 2.05) is 26.8 Å². The first-order chi connectivity index (χ1) is 9.76. The number of piperazine rings is 1. The molecular weight excluding hydrogens is 270 g/mol. The number of nitrogens with zero attached hydrogens (tertiary/aromatic N) is 3. The summed E-state index contributed by atoms with van der Waals surface area (Å²) in [4.78, 5) is 20.0. The summed E-state index contributed by atoms with van der Waals surface area (Å²) in [5.41, 5.74) is 11.4. The van der Waals surface area contributed by atoms with Crippen LogP contribution in [0.25, 0.3) is 0 Å². The van der Waals surface area contributed by atoms with Crippen LogP contribution in [0.5, 0.6) is 0 Å². The van der Waals surface area contributed by atoms with Gasteiger partial charge in [-0.25, -0.2) is 9.78 Å². The Kier molecular flexibility index (Phi) is 4.11. The molecule has 0 aliphatic carbocycles. The smallest absolute Gasteiger partial charge is 0.410 e. The fraction of sp³-hybridized carbons (Fsp3) is 0.571. The molecule has 4 N–H and O–H groups in total. The highest BCUT2D eigenvalue weighted by atomic mass is 16.6. The van der Waals surface area contributed by atoms with Crippen LogP contribution >= 0.6 is 0 Å². The number of carbonyl (C=O) groups is 1. The lowest BCUT2D eigenvalue weighted by molar-refractivity contribution is 0.0240. The molecule has 0 radical (unpaired) electrons. The highest BCUT2D eigenvalue weighted by Gasteiger charge is 2.26. The third kappa shape index (κ3) is 3.90. The molecule has 2 heterocycles. The van der Waals surface area contributed by atoms with Gasteiger partial charge in [-0.15, -0.1) is 0 Å². The topological polar surface area (TPSA) is 97.7 Å². The molecular formula is C14H23N5O2. The molecule has 0 spiro atoms. The van der Waals surface area contributed by atoms with E-state index in [-0.39, 0.29) is 6.09 Å². The Bertz CT molecular complexity index is 519. The van der Waals surface area contributed by atoms with Gasteiger partial charge in [0.05, 0.1) is 5.69 Å². The molecule has 1 aliphatic rings. The molecule has 7 heteroatoms. The molecule has 0 unspecified atom stereocenters. The molecule has 21 heavy (non-hydrogen) atoms. The van der Waals surface area contributed by atoms with Gasteiger partial charge < -0.3 is 26.0 Å². The fourth-order valence-electron chi connectivity index (χ4n) is 2.10. The summed E-state index contributed by atoms with van der Waals surface area (Å²) in [7, 11) is 0. The van der Waals surface area contributed by atoms with Crippen LogP contribution in [0.15, 0.2) is 12.1 Å². The third-order valence-corrected chi connectivity index (χ3v) is 3.20. The molecule has 0 atom stereocenters. The van der Waals surface area contributed by atoms with E-state index in [9.17, 15) is 4.79 Å². The first kappa shape index (κ1) is 15.2. The molecule has 1 aromatic heterocycles. The van der Waals surface area contributed by atoms with Gasteiger partial charge >= 0.3 is 6.09 Å². The van der Waals surface area contributed by atoms with Crippen LogP contribution in [0.4, 0.5) is 22.1 Å². The zero-order chi connectivity index (χ0) is 15.6. The van der Waals surface area contributed by atoms with Crippen molar-refractivity contribution in [2.75, 3.05) is 42.5 Å². The number of pyridine rings is 1. The number of rotatable bonds is 1. The van der Waals surface area contributed by atoms with E-state index in [1.54, 1.807) is 11.0 Å². The summed E-state index contributed by atoms with van der Waals surface area (Å²) < 4.78 is 5.37. The van der Waals surface area contributed by atoms with Crippen molar-refractivity contribution in [2.24, 2.45) is 0 Å². The van der Waals surface area contributed by atoms with Crippen molar-refractivity contribution in [2.45, 2.75) is 26.4 Å². The third-order valence-electron chi connectivity index (χ3n) is 3.20. The van der Waals surface area contributed by atoms with Gasteiger partial charge in [0.2, 0.25) is 0 Å². The number of hydrogen-bond donors (Lipinski definition) is 2. The normalized spacial score (nSPS) is 16.0. The maximum atomic E-state index is 12.0. The lowest BCUT2D eigenvalue weighted by Gasteiger charge is -2.36. The molecule has 0 saturated carbocycles. The largest absolute Gasteiger partial charge is 0.444 e. The van der Waals surface area contributed by atoms with Gasteiger partial charge in [0.1, 0.15) is 17.2 Å². The van der Waals surface area contributed by atoms with E-state index in [4.69, 9.17) is 16.2 Å². The van der Waals surface area contributed by atoms with Gasteiger partial charge in [-0.05, 0) is 32.9 Å². The standard InChI is InChI=1S/C14H23N5O2/c1-14(2,3)21-13(20)19-8-6-18(7-9-19)11-5-4-10(15)12(16)17-11/h4-5H,6-9,15H2,1-3H3,(H2,16,17). The van der Waals surface area contributed by atoms with Crippen molar-refractivity contribution in [3.05, 3.63) is 12.1 Å². The minimum atomic E-state index is -0.471. The number of hydrogen-bond acceptors (Lipinski definition) is 6. The monoisotopic (exact) mass is 293 g/mol. The van der Waals surface area contributed by atoms with E-state index in [1.165, 1.54) is 0 Å². The Morgan fingerprint density at radius 2 is 1.81 bits per heavy atom. The molecule has 7 nitrogen and oxygen atoms in total. The summed E-state index contributed by atoms with van der Waals surface area (Å²) in [5.74, 6) is 1.12. The number of carbonyl (C=O) groups excluding carboxylic acids is 1. The van der Waals surface area contributed by atoms with Gasteiger partial charge in [0.15, 0.2) is 0 Å². The maximum absolute atomic E-state index is 12.0. The number of amides is 1. The quantitative estimate of drug-likeness (QED) is 0.810. The molecule has 116 valence electrons. The molecule has 1 aliphatic heterocycles. The molecule has 1 fully saturated rings. The van der Waals surface area contributed by atoms with E-state index >= 15 is 0 Å². The van der Waals surface area contributed by atoms with Crippen molar-refractivity contribution in [1.82, 2.24) is 9.88 Å². The first-order valence-electron chi connectivity index (χ1n) is 7.01. The molecule has 0 bridgehead atoms. The van der Waals surface area contributed by atoms with Crippen LogP contribution in [-0.4, -0.2) is 47.8 Å². The molecule has 0 aromatic carbocycles. The summed E-state index contributed by atoms with van der Waals surface area (Å²) >= 11 is 0. The van der Waals surface area contributed by atoms with Crippen LogP contribution in [0.3, 0.4) is 0 Å². The highest BCUT2D eigenvalue weighted by molar-refractivity contribution is 5.69. The number of nitrogen functional groups attached to an aromatic ring is 2. The average molecular weight is 293 g/mol. The second kappa shape index (κ2) is 5.67. The van der Waals surface area contributed by atoms with E-state index < -0.39 is 5.60 Å². The Balaban J connectivity index is 1.94. The number of aromatic nitrogens is 1. The van der Waals surface area contributed by atoms with Crippen molar-refractivity contribution >= 4 is 23.4 Å². The fourth-order valence-corrected chi connectivity index (χ4v) is 2.10. The summed E-state index contributed by atoms with van der Waals surface area (Å²) in [5, 5.41) is 0. The molecule has 1 aromatic rings. The summed E-state index contributed by atoms with van der Waals surface area (Å²) in [6, 6.07) is 3.59. The van der Waals surface area contributed by atoms with Gasteiger partial charge in [0.25, 0.3) is 0 Å². The first-order valence-corrected chi connectivity index (χ1v) is 7.01. The highest BCUT2D eigenvalue weighted by Crippen LogP contribution is 2.20. The molecule has 2 rings (SSSR count). The minimum Gasteiger partial charge on any atom is -0.444 e. The van der Waals surface area contributed by atoms with Crippen LogP contribution < -0.4 is 16.4 Å². The predicted molar refractivity (Wildman–Crippen MR) is 83.1 cm³/mol. The number of anilines is 3. The van der Waals surface area contributed by atoms with Crippen molar-refractivity contribution < 1.29 is 9.53 Å². The van der Waals surface area contributed by atoms with Crippen LogP contribution in [0.1, 0.15) is 20.8 Å². The van der Waals surface area contributed by atoms with Crippen molar-refractivity contribution in [3.8, 4) is 0 Å². The van der Waals surface area contributed by atoms with Gasteiger partial charge in [-0.2, -0.15) is 0 Å². The number of nitrogens with two attached hydrogens (primary N) is 2. The van der Waals surface area contributed by atoms with Crippen LogP contribution in [-0.2, 0) is 4.74 Å². The van der Waals surface area contributed by atoms with E-state index in [2.05, 4.69) is 9.88 Å². The van der Waals surface area contributed by atoms with Crippen molar-refractivity contribution in [3.63, 3.8) is 0 Å². The van der Waals surface area contributed by atoms with E-state index in [0.29, 0.717) is 37.7 Å². The molecule has 1 saturated heterocycles. The second-order valence-electron chi connectivity index (χ2n) is 6.10. The molecule has 1 amide bonds. The van der Waals surface area contributed by atoms with Crippen LogP contribution in [0.2, 0.25) is 0 Å². The van der Waals surface area contributed by atoms with Crippen LogP contribution in [0, 0.1) is 0 Å². The predicted octanol–water partition coefficient (Wildman–Crippen LogP) is 1.30. The van der Waals surface area contributed by atoms with E-state index in [0.717, 1.165) is 5.82 Å². The summed E-state index contributed by atoms with van der Waals surface area (Å²) in [6.45, 7) is 8.17. The number of ether oxygens (including phenoxy) is 1. The lowest BCUT2D eigenvalue weighted by atomic mass is 10.2. The van der Waals surface area contributed by atoms with Gasteiger partial charge in [-0.1, -0.05) is 0 Å². The van der Waals surface area contributed by atoms with Gasteiger partial charge in [-0.3, -0.25) is 0 Å². The Hall–Kier alpha value is -2.18. The zero-order valence-electron chi connectivity index (χ0n) is 12.8. The lowest BCUT2D eigenvalue weighted by Crippen LogP contribution is -2.50. The second-order valence-corrected chi connectivity index (χ2v) is 6.10. The Morgan fingerprint density at radius 3 is 2.33 bits per heavy atom. The maximum Gasteiger partial charge on any atom is 0.410 e. The minimum absolute atomic E-state index is 0.271. The summed E-state index contributed by atoms with van der Waals surface area (Å²) in [6.07, 6.45) is -0.271. The SMILES string of the molecule is CC(C)(C)OC(=O)N1CCN(c2ccc(N)c(N)n2)CC1. The Morgan fingerprint density at radius 1 is 1.19 bits per heavy atom. The zero-order valence-corrected chi connectivity index (χ0v) is 12.8.